The van der Waals surface area contributed by atoms with Crippen molar-refractivity contribution in [3.63, 3.8) is 0 Å². The van der Waals surface area contributed by atoms with Gasteiger partial charge in [-0.2, -0.15) is 0 Å². The van der Waals surface area contributed by atoms with Gasteiger partial charge in [-0.1, -0.05) is 12.5 Å². The summed E-state index contributed by atoms with van der Waals surface area (Å²) in [6, 6.07) is 5.14. The SMILES string of the molecule is NCCC1CCCCN1CCc1cccs1. The van der Waals surface area contributed by atoms with Crippen LogP contribution in [0.4, 0.5) is 0 Å². The van der Waals surface area contributed by atoms with Gasteiger partial charge >= 0.3 is 0 Å². The molecule has 1 atom stereocenters. The summed E-state index contributed by atoms with van der Waals surface area (Å²) in [5.41, 5.74) is 5.69. The number of hydrogen-bond acceptors (Lipinski definition) is 3. The molecule has 1 aliphatic rings. The zero-order valence-electron chi connectivity index (χ0n) is 9.90. The monoisotopic (exact) mass is 238 g/mol. The highest BCUT2D eigenvalue weighted by molar-refractivity contribution is 7.09. The summed E-state index contributed by atoms with van der Waals surface area (Å²) in [5, 5.41) is 2.17. The van der Waals surface area contributed by atoms with Gasteiger partial charge in [-0.25, -0.2) is 0 Å². The third-order valence-corrected chi connectivity index (χ3v) is 4.41. The first-order valence-electron chi connectivity index (χ1n) is 6.36. The fourth-order valence-electron chi connectivity index (χ4n) is 2.58. The zero-order chi connectivity index (χ0) is 11.2. The van der Waals surface area contributed by atoms with E-state index in [1.165, 1.54) is 50.1 Å². The van der Waals surface area contributed by atoms with E-state index < -0.39 is 0 Å². The van der Waals surface area contributed by atoms with Crippen molar-refractivity contribution in [2.45, 2.75) is 38.1 Å². The Kier molecular flexibility index (Phi) is 4.82. The summed E-state index contributed by atoms with van der Waals surface area (Å²) < 4.78 is 0. The molecular weight excluding hydrogens is 216 g/mol. The Bertz CT molecular complexity index is 282. The minimum absolute atomic E-state index is 0.749. The lowest BCUT2D eigenvalue weighted by Crippen LogP contribution is -2.41. The Labute approximate surface area is 102 Å². The van der Waals surface area contributed by atoms with Crippen molar-refractivity contribution in [1.29, 1.82) is 0 Å². The van der Waals surface area contributed by atoms with E-state index in [0.29, 0.717) is 0 Å². The second-order valence-corrected chi connectivity index (χ2v) is 5.62. The standard InChI is InChI=1S/C13H22N2S/c14-8-6-12-4-1-2-9-15(12)10-7-13-5-3-11-16-13/h3,5,11-12H,1-2,4,6-10,14H2. The Morgan fingerprint density at radius 1 is 1.44 bits per heavy atom. The highest BCUT2D eigenvalue weighted by Gasteiger charge is 2.20. The molecule has 2 heterocycles. The normalized spacial score (nSPS) is 22.4. The van der Waals surface area contributed by atoms with Crippen LogP contribution in [-0.4, -0.2) is 30.6 Å². The molecule has 0 aliphatic carbocycles. The van der Waals surface area contributed by atoms with Gasteiger partial charge in [-0.05, 0) is 50.2 Å². The molecule has 1 fully saturated rings. The smallest absolute Gasteiger partial charge is 0.0107 e. The molecule has 3 heteroatoms. The largest absolute Gasteiger partial charge is 0.330 e. The molecule has 2 N–H and O–H groups in total. The third kappa shape index (κ3) is 3.30. The molecular formula is C13H22N2S. The molecule has 0 amide bonds. The second-order valence-electron chi connectivity index (χ2n) is 4.59. The molecule has 1 saturated heterocycles. The van der Waals surface area contributed by atoms with E-state index in [-0.39, 0.29) is 0 Å². The lowest BCUT2D eigenvalue weighted by atomic mass is 9.99. The van der Waals surface area contributed by atoms with E-state index in [4.69, 9.17) is 5.73 Å². The van der Waals surface area contributed by atoms with Crippen molar-refractivity contribution >= 4 is 11.3 Å². The quantitative estimate of drug-likeness (QED) is 0.854. The van der Waals surface area contributed by atoms with Crippen molar-refractivity contribution in [2.24, 2.45) is 5.73 Å². The number of piperidine rings is 1. The molecule has 1 aliphatic heterocycles. The summed E-state index contributed by atoms with van der Waals surface area (Å²) in [7, 11) is 0. The third-order valence-electron chi connectivity index (χ3n) is 3.47. The summed E-state index contributed by atoms with van der Waals surface area (Å²) in [6.07, 6.45) is 6.48. The average Bonchev–Trinajstić information content (AvgIpc) is 2.81. The lowest BCUT2D eigenvalue weighted by Gasteiger charge is -2.35. The first-order chi connectivity index (χ1) is 7.90. The van der Waals surface area contributed by atoms with Gasteiger partial charge < -0.3 is 5.73 Å². The molecule has 1 aromatic rings. The van der Waals surface area contributed by atoms with E-state index in [0.717, 1.165) is 12.6 Å². The molecule has 16 heavy (non-hydrogen) atoms. The van der Waals surface area contributed by atoms with E-state index in [1.54, 1.807) is 0 Å². The molecule has 0 bridgehead atoms. The first-order valence-corrected chi connectivity index (χ1v) is 7.24. The molecule has 1 unspecified atom stereocenters. The summed E-state index contributed by atoms with van der Waals surface area (Å²) in [4.78, 5) is 4.16. The van der Waals surface area contributed by atoms with Crippen LogP contribution >= 0.6 is 11.3 Å². The number of likely N-dealkylation sites (tertiary alicyclic amines) is 1. The Balaban J connectivity index is 1.81. The van der Waals surface area contributed by atoms with E-state index >= 15 is 0 Å². The van der Waals surface area contributed by atoms with Crippen molar-refractivity contribution in [2.75, 3.05) is 19.6 Å². The topological polar surface area (TPSA) is 29.3 Å². The number of nitrogens with zero attached hydrogens (tertiary/aromatic N) is 1. The van der Waals surface area contributed by atoms with Gasteiger partial charge in [0.05, 0.1) is 0 Å². The van der Waals surface area contributed by atoms with Crippen molar-refractivity contribution in [1.82, 2.24) is 4.90 Å². The molecule has 0 radical (unpaired) electrons. The zero-order valence-corrected chi connectivity index (χ0v) is 10.7. The van der Waals surface area contributed by atoms with Gasteiger partial charge in [-0.15, -0.1) is 11.3 Å². The highest BCUT2D eigenvalue weighted by Crippen LogP contribution is 2.20. The maximum atomic E-state index is 5.69. The van der Waals surface area contributed by atoms with E-state index in [2.05, 4.69) is 22.4 Å². The van der Waals surface area contributed by atoms with Crippen LogP contribution in [0.25, 0.3) is 0 Å². The summed E-state index contributed by atoms with van der Waals surface area (Å²) in [6.45, 7) is 3.32. The maximum absolute atomic E-state index is 5.69. The summed E-state index contributed by atoms with van der Waals surface area (Å²) in [5.74, 6) is 0. The first kappa shape index (κ1) is 12.1. The van der Waals surface area contributed by atoms with Crippen LogP contribution in [0, 0.1) is 0 Å². The Morgan fingerprint density at radius 2 is 2.38 bits per heavy atom. The summed E-state index contributed by atoms with van der Waals surface area (Å²) >= 11 is 1.87. The molecule has 2 nitrogen and oxygen atoms in total. The predicted molar refractivity (Wildman–Crippen MR) is 70.9 cm³/mol. The van der Waals surface area contributed by atoms with Gasteiger partial charge in [0, 0.05) is 17.5 Å². The Hall–Kier alpha value is -0.380. The number of thiophene rings is 1. The van der Waals surface area contributed by atoms with E-state index in [9.17, 15) is 0 Å². The van der Waals surface area contributed by atoms with Crippen LogP contribution in [-0.2, 0) is 6.42 Å². The van der Waals surface area contributed by atoms with Crippen LogP contribution in [0.3, 0.4) is 0 Å². The molecule has 90 valence electrons. The van der Waals surface area contributed by atoms with Gasteiger partial charge in [0.15, 0.2) is 0 Å². The van der Waals surface area contributed by atoms with Crippen molar-refractivity contribution < 1.29 is 0 Å². The fourth-order valence-corrected chi connectivity index (χ4v) is 3.28. The molecule has 2 rings (SSSR count). The van der Waals surface area contributed by atoms with Gasteiger partial charge in [0.1, 0.15) is 0 Å². The van der Waals surface area contributed by atoms with E-state index in [1.807, 2.05) is 11.3 Å². The fraction of sp³-hybridized carbons (Fsp3) is 0.692. The Morgan fingerprint density at radius 3 is 3.12 bits per heavy atom. The van der Waals surface area contributed by atoms with Gasteiger partial charge in [-0.3, -0.25) is 4.90 Å². The van der Waals surface area contributed by atoms with Crippen LogP contribution < -0.4 is 5.73 Å². The van der Waals surface area contributed by atoms with Crippen LogP contribution in [0.2, 0.25) is 0 Å². The average molecular weight is 238 g/mol. The number of rotatable bonds is 5. The number of hydrogen-bond donors (Lipinski definition) is 1. The molecule has 0 spiro atoms. The maximum Gasteiger partial charge on any atom is 0.0107 e. The minimum Gasteiger partial charge on any atom is -0.330 e. The van der Waals surface area contributed by atoms with Gasteiger partial charge in [0.2, 0.25) is 0 Å². The molecule has 0 saturated carbocycles. The highest BCUT2D eigenvalue weighted by atomic mass is 32.1. The van der Waals surface area contributed by atoms with Crippen LogP contribution in [0.1, 0.15) is 30.6 Å². The van der Waals surface area contributed by atoms with Crippen LogP contribution in [0.15, 0.2) is 17.5 Å². The number of nitrogens with two attached hydrogens (primary N) is 1. The second kappa shape index (κ2) is 6.38. The van der Waals surface area contributed by atoms with Crippen molar-refractivity contribution in [3.05, 3.63) is 22.4 Å². The molecule has 1 aromatic heterocycles. The minimum atomic E-state index is 0.749. The van der Waals surface area contributed by atoms with Crippen molar-refractivity contribution in [3.8, 4) is 0 Å². The van der Waals surface area contributed by atoms with Gasteiger partial charge in [0.25, 0.3) is 0 Å². The predicted octanol–water partition coefficient (Wildman–Crippen LogP) is 2.49. The molecule has 0 aromatic carbocycles. The van der Waals surface area contributed by atoms with Crippen LogP contribution in [0.5, 0.6) is 0 Å². The lowest BCUT2D eigenvalue weighted by molar-refractivity contribution is 0.144.